The molecule has 0 aromatic heterocycles. The van der Waals surface area contributed by atoms with Gasteiger partial charge in [-0.2, -0.15) is 0 Å². The summed E-state index contributed by atoms with van der Waals surface area (Å²) in [5.74, 6) is 11.0. The summed E-state index contributed by atoms with van der Waals surface area (Å²) < 4.78 is 9.46. The van der Waals surface area contributed by atoms with Gasteiger partial charge >= 0.3 is 5.97 Å². The highest BCUT2D eigenvalue weighted by molar-refractivity contribution is 5.65. The van der Waals surface area contributed by atoms with E-state index in [2.05, 4.69) is 81.0 Å². The summed E-state index contributed by atoms with van der Waals surface area (Å²) in [4.78, 5) is 14.8. The predicted molar refractivity (Wildman–Crippen MR) is 192 cm³/mol. The Morgan fingerprint density at radius 1 is 0.932 bits per heavy atom. The van der Waals surface area contributed by atoms with Crippen LogP contribution in [0.15, 0.2) is 0 Å². The number of carbonyl (C=O) groups excluding carboxylic acids is 1. The number of rotatable bonds is 9. The molecule has 4 fully saturated rings. The van der Waals surface area contributed by atoms with Gasteiger partial charge in [0.2, 0.25) is 0 Å². The third kappa shape index (κ3) is 30.5. The van der Waals surface area contributed by atoms with Crippen molar-refractivity contribution in [1.29, 1.82) is 0 Å². The van der Waals surface area contributed by atoms with E-state index in [1.165, 1.54) is 104 Å². The molecule has 2 saturated heterocycles. The molecule has 3 unspecified atom stereocenters. The van der Waals surface area contributed by atoms with E-state index in [1.54, 1.807) is 6.92 Å². The van der Waals surface area contributed by atoms with Crippen LogP contribution in [0.3, 0.4) is 0 Å². The summed E-state index contributed by atoms with van der Waals surface area (Å²) in [6.45, 7) is 23.1. The summed E-state index contributed by atoms with van der Waals surface area (Å²) in [6.07, 6.45) is 22.6. The normalized spacial score (nSPS) is 21.7. The smallest absolute Gasteiger partial charge is 0.302 e. The minimum absolute atomic E-state index is 0.211. The largest absolute Gasteiger partial charge is 0.466 e. The number of ether oxygens (including phenoxy) is 2. The number of hydrogen-bond acceptors (Lipinski definition) is 5. The molecule has 3 atom stereocenters. The Labute approximate surface area is 276 Å². The number of unbranched alkanes of at least 4 members (excludes halogenated alkanes) is 4. The lowest BCUT2D eigenvalue weighted by molar-refractivity contribution is -0.140. The Hall–Kier alpha value is -1.53. The molecule has 0 amide bonds. The molecule has 2 aliphatic heterocycles. The first-order valence-corrected chi connectivity index (χ1v) is 18.1. The molecule has 0 aromatic carbocycles. The molecule has 44 heavy (non-hydrogen) atoms. The summed E-state index contributed by atoms with van der Waals surface area (Å²) in [6, 6.07) is 0.866. The summed E-state index contributed by atoms with van der Waals surface area (Å²) in [5.41, 5.74) is 0. The highest BCUT2D eigenvalue weighted by atomic mass is 16.5. The quantitative estimate of drug-likeness (QED) is 0.146. The fourth-order valence-electron chi connectivity index (χ4n) is 5.11. The molecule has 0 N–H and O–H groups in total. The molecular weight excluding hydrogens is 544 g/mol. The molecule has 2 aliphatic carbocycles. The Balaban J connectivity index is 0. The van der Waals surface area contributed by atoms with Gasteiger partial charge in [-0.25, -0.2) is 0 Å². The number of likely N-dealkylation sites (tertiary alicyclic amines) is 1. The fourth-order valence-corrected chi connectivity index (χ4v) is 5.11. The minimum atomic E-state index is -0.211. The maximum absolute atomic E-state index is 9.82. The van der Waals surface area contributed by atoms with E-state index in [0.717, 1.165) is 49.3 Å². The van der Waals surface area contributed by atoms with Crippen molar-refractivity contribution in [3.63, 3.8) is 0 Å². The molecule has 5 heteroatoms. The Morgan fingerprint density at radius 2 is 1.57 bits per heavy atom. The van der Waals surface area contributed by atoms with Gasteiger partial charge < -0.3 is 19.3 Å². The molecule has 258 valence electrons. The monoisotopic (exact) mass is 619 g/mol. The van der Waals surface area contributed by atoms with Crippen molar-refractivity contribution in [2.45, 2.75) is 145 Å². The van der Waals surface area contributed by atoms with Gasteiger partial charge in [0.05, 0.1) is 6.61 Å². The van der Waals surface area contributed by atoms with Crippen LogP contribution in [0.1, 0.15) is 139 Å². The van der Waals surface area contributed by atoms with Crippen molar-refractivity contribution < 1.29 is 14.3 Å². The average molecular weight is 619 g/mol. The zero-order chi connectivity index (χ0) is 33.6. The van der Waals surface area contributed by atoms with E-state index in [1.807, 2.05) is 6.92 Å². The third-order valence-electron chi connectivity index (χ3n) is 8.38. The molecular formula is C39H74N2O3. The molecule has 0 aromatic rings. The minimum Gasteiger partial charge on any atom is -0.466 e. The van der Waals surface area contributed by atoms with Crippen LogP contribution in [-0.2, 0) is 14.3 Å². The van der Waals surface area contributed by atoms with Crippen LogP contribution in [0, 0.1) is 47.9 Å². The number of carbonyl (C=O) groups is 1. The molecule has 4 rings (SSSR count). The molecule has 0 bridgehead atoms. The van der Waals surface area contributed by atoms with Crippen molar-refractivity contribution in [1.82, 2.24) is 9.80 Å². The first-order valence-electron chi connectivity index (χ1n) is 18.1. The summed E-state index contributed by atoms with van der Waals surface area (Å²) in [7, 11) is 4.37. The van der Waals surface area contributed by atoms with Gasteiger partial charge in [-0.3, -0.25) is 4.79 Å². The maximum atomic E-state index is 9.82. The SMILES string of the molecule is C#CC#CCC.CC1CC1.CC1CCCC1N(C)C.CC1CCOC1.CCCCCCCN1CC(CC)C1.CCOC(C)=O. The van der Waals surface area contributed by atoms with Crippen LogP contribution in [0.2, 0.25) is 0 Å². The molecule has 4 aliphatic rings. The van der Waals surface area contributed by atoms with Gasteiger partial charge in [0.25, 0.3) is 0 Å². The lowest BCUT2D eigenvalue weighted by atomic mass is 9.97. The molecule has 2 saturated carbocycles. The zero-order valence-electron chi connectivity index (χ0n) is 31.0. The van der Waals surface area contributed by atoms with Crippen LogP contribution >= 0.6 is 0 Å². The van der Waals surface area contributed by atoms with Crippen LogP contribution in [0.25, 0.3) is 0 Å². The Morgan fingerprint density at radius 3 is 1.84 bits per heavy atom. The van der Waals surface area contributed by atoms with E-state index in [0.29, 0.717) is 6.61 Å². The van der Waals surface area contributed by atoms with Crippen LogP contribution in [-0.4, -0.2) is 75.4 Å². The van der Waals surface area contributed by atoms with Crippen LogP contribution < -0.4 is 0 Å². The number of esters is 1. The molecule has 2 heterocycles. The third-order valence-corrected chi connectivity index (χ3v) is 8.38. The van der Waals surface area contributed by atoms with Gasteiger partial charge in [-0.1, -0.05) is 98.8 Å². The van der Waals surface area contributed by atoms with E-state index >= 15 is 0 Å². The van der Waals surface area contributed by atoms with Gasteiger partial charge in [-0.15, -0.1) is 6.42 Å². The maximum Gasteiger partial charge on any atom is 0.302 e. The van der Waals surface area contributed by atoms with Gasteiger partial charge in [0, 0.05) is 45.7 Å². The van der Waals surface area contributed by atoms with Crippen LogP contribution in [0.5, 0.6) is 0 Å². The number of nitrogens with zero attached hydrogens (tertiary/aromatic N) is 2. The van der Waals surface area contributed by atoms with Gasteiger partial charge in [-0.05, 0) is 88.8 Å². The van der Waals surface area contributed by atoms with Crippen molar-refractivity contribution in [3.8, 4) is 24.2 Å². The lowest BCUT2D eigenvalue weighted by Crippen LogP contribution is -2.46. The van der Waals surface area contributed by atoms with E-state index in [-0.39, 0.29) is 5.97 Å². The predicted octanol–water partition coefficient (Wildman–Crippen LogP) is 9.10. The van der Waals surface area contributed by atoms with Gasteiger partial charge in [0.15, 0.2) is 0 Å². The van der Waals surface area contributed by atoms with Crippen molar-refractivity contribution in [2.75, 3.05) is 53.6 Å². The van der Waals surface area contributed by atoms with Crippen molar-refractivity contribution in [3.05, 3.63) is 0 Å². The van der Waals surface area contributed by atoms with E-state index < -0.39 is 0 Å². The second kappa shape index (κ2) is 31.5. The molecule has 0 spiro atoms. The fraction of sp³-hybridized carbons (Fsp3) is 0.872. The highest BCUT2D eigenvalue weighted by Gasteiger charge is 2.24. The standard InChI is InChI=1S/C12H25N.C8H17N.C6H6.C5H10O.C4H8O2.C4H8/c1-3-5-6-7-8-9-13-10-12(4-2)11-13;1-7-5-4-6-8(7)9(2)3;1-3-5-6-4-2;1-5-2-3-6-4-5;1-3-6-4(2)5;1-4-2-3-4/h12H,3-11H2,1-2H3;7-8H,4-6H2,1-3H3;1H,4H2,2H3;5H,2-4H2,1H3;3H2,1-2H3;4H,2-3H2,1H3. The van der Waals surface area contributed by atoms with Crippen LogP contribution in [0.4, 0.5) is 0 Å². The highest BCUT2D eigenvalue weighted by Crippen LogP contribution is 2.27. The first-order chi connectivity index (χ1) is 21.1. The van der Waals surface area contributed by atoms with E-state index in [9.17, 15) is 4.79 Å². The second-order valence-electron chi connectivity index (χ2n) is 13.3. The van der Waals surface area contributed by atoms with Crippen molar-refractivity contribution >= 4 is 5.97 Å². The summed E-state index contributed by atoms with van der Waals surface area (Å²) >= 11 is 0. The lowest BCUT2D eigenvalue weighted by Gasteiger charge is -2.38. The second-order valence-corrected chi connectivity index (χ2v) is 13.3. The first kappa shape index (κ1) is 44.6. The zero-order valence-corrected chi connectivity index (χ0v) is 31.0. The number of terminal acetylenes is 1. The molecule has 5 nitrogen and oxygen atoms in total. The number of hydrogen-bond donors (Lipinski definition) is 0. The van der Waals surface area contributed by atoms with Crippen molar-refractivity contribution in [2.24, 2.45) is 23.7 Å². The topological polar surface area (TPSA) is 42.0 Å². The van der Waals surface area contributed by atoms with E-state index in [4.69, 9.17) is 11.2 Å². The Bertz CT molecular complexity index is 735. The Kier molecular flexibility index (Phi) is 31.9. The van der Waals surface area contributed by atoms with Gasteiger partial charge in [0.1, 0.15) is 0 Å². The summed E-state index contributed by atoms with van der Waals surface area (Å²) in [5, 5.41) is 0. The molecule has 0 radical (unpaired) electrons. The average Bonchev–Trinajstić information content (AvgIpc) is 3.38.